The second kappa shape index (κ2) is 5.92. The molecule has 0 saturated heterocycles. The van der Waals surface area contributed by atoms with Gasteiger partial charge in [-0.1, -0.05) is 13.3 Å². The Morgan fingerprint density at radius 2 is 1.89 bits per heavy atom. The summed E-state index contributed by atoms with van der Waals surface area (Å²) in [6, 6.07) is 6.80. The molecule has 5 heteroatoms. The van der Waals surface area contributed by atoms with Crippen LogP contribution in [0.2, 0.25) is 0 Å². The first kappa shape index (κ1) is 14.3. The molecule has 0 aromatic heterocycles. The molecule has 0 spiro atoms. The van der Waals surface area contributed by atoms with Crippen LogP contribution in [-0.4, -0.2) is 22.0 Å². The Kier molecular flexibility index (Phi) is 4.47. The lowest BCUT2D eigenvalue weighted by molar-refractivity contribution is 0.498. The second-order valence-corrected chi connectivity index (χ2v) is 7.18. The highest BCUT2D eigenvalue weighted by atomic mass is 32.2. The number of anilines is 1. The maximum Gasteiger partial charge on any atom is 0.240 e. The maximum absolute atomic E-state index is 12.1. The predicted octanol–water partition coefficient (Wildman–Crippen LogP) is 2.44. The summed E-state index contributed by atoms with van der Waals surface area (Å²) in [5.41, 5.74) is 0.906. The summed E-state index contributed by atoms with van der Waals surface area (Å²) in [6.07, 6.45) is 3.47. The van der Waals surface area contributed by atoms with Gasteiger partial charge in [-0.05, 0) is 48.9 Å². The Balaban J connectivity index is 1.97. The fourth-order valence-corrected chi connectivity index (χ4v) is 3.74. The lowest BCUT2D eigenvalue weighted by Gasteiger charge is -2.12. The summed E-state index contributed by atoms with van der Waals surface area (Å²) in [5.74, 6) is 1.21. The van der Waals surface area contributed by atoms with Crippen molar-refractivity contribution >= 4 is 15.7 Å². The molecular formula is C14H22N2O2S. The Morgan fingerprint density at radius 3 is 2.42 bits per heavy atom. The second-order valence-electron chi connectivity index (χ2n) is 5.41. The van der Waals surface area contributed by atoms with Gasteiger partial charge < -0.3 is 5.32 Å². The Morgan fingerprint density at radius 1 is 1.21 bits per heavy atom. The van der Waals surface area contributed by atoms with Gasteiger partial charge in [0.25, 0.3) is 0 Å². The smallest absolute Gasteiger partial charge is 0.240 e. The maximum atomic E-state index is 12.1. The van der Waals surface area contributed by atoms with Gasteiger partial charge >= 0.3 is 0 Å². The van der Waals surface area contributed by atoms with Gasteiger partial charge in [-0.25, -0.2) is 13.1 Å². The quantitative estimate of drug-likeness (QED) is 0.872. The lowest BCUT2D eigenvalue weighted by atomic mass is 10.1. The zero-order valence-electron chi connectivity index (χ0n) is 11.5. The van der Waals surface area contributed by atoms with Crippen molar-refractivity contribution in [2.75, 3.05) is 18.9 Å². The van der Waals surface area contributed by atoms with Crippen molar-refractivity contribution in [3.8, 4) is 0 Å². The van der Waals surface area contributed by atoms with E-state index in [0.717, 1.165) is 24.4 Å². The fraction of sp³-hybridized carbons (Fsp3) is 0.571. The zero-order valence-corrected chi connectivity index (χ0v) is 12.3. The van der Waals surface area contributed by atoms with Crippen molar-refractivity contribution in [2.45, 2.75) is 31.1 Å². The van der Waals surface area contributed by atoms with Gasteiger partial charge in [0.2, 0.25) is 10.0 Å². The van der Waals surface area contributed by atoms with Crippen LogP contribution in [0.15, 0.2) is 29.2 Å². The molecule has 0 heterocycles. The topological polar surface area (TPSA) is 58.2 Å². The lowest BCUT2D eigenvalue weighted by Crippen LogP contribution is -2.28. The third-order valence-corrected chi connectivity index (χ3v) is 5.26. The first-order valence-corrected chi connectivity index (χ1v) is 8.27. The van der Waals surface area contributed by atoms with Crippen LogP contribution >= 0.6 is 0 Å². The number of benzene rings is 1. The van der Waals surface area contributed by atoms with E-state index in [1.54, 1.807) is 24.3 Å². The van der Waals surface area contributed by atoms with E-state index in [-0.39, 0.29) is 0 Å². The average Bonchev–Trinajstić information content (AvgIpc) is 2.82. The van der Waals surface area contributed by atoms with Gasteiger partial charge in [0.05, 0.1) is 4.90 Å². The highest BCUT2D eigenvalue weighted by Gasteiger charge is 2.23. The van der Waals surface area contributed by atoms with E-state index < -0.39 is 10.0 Å². The number of hydrogen-bond donors (Lipinski definition) is 2. The van der Waals surface area contributed by atoms with Crippen molar-refractivity contribution in [1.82, 2.24) is 4.72 Å². The van der Waals surface area contributed by atoms with Crippen LogP contribution in [0.3, 0.4) is 0 Å². The van der Waals surface area contributed by atoms with Crippen LogP contribution < -0.4 is 10.0 Å². The van der Waals surface area contributed by atoms with Crippen molar-refractivity contribution in [3.05, 3.63) is 24.3 Å². The van der Waals surface area contributed by atoms with Gasteiger partial charge in [-0.2, -0.15) is 0 Å². The standard InChI is InChI=1S/C14H22N2O2S/c1-11-3-4-12(9-11)10-16-19(17,18)14-7-5-13(15-2)6-8-14/h5-8,11-12,15-16H,3-4,9-10H2,1-2H3. The molecule has 0 amide bonds. The van der Waals surface area contributed by atoms with E-state index in [1.165, 1.54) is 6.42 Å². The van der Waals surface area contributed by atoms with Crippen LogP contribution in [-0.2, 0) is 10.0 Å². The fourth-order valence-electron chi connectivity index (χ4n) is 2.62. The van der Waals surface area contributed by atoms with E-state index >= 15 is 0 Å². The summed E-state index contributed by atoms with van der Waals surface area (Å²) in [5, 5.41) is 2.97. The van der Waals surface area contributed by atoms with Gasteiger partial charge in [0.1, 0.15) is 0 Å². The predicted molar refractivity (Wildman–Crippen MR) is 77.7 cm³/mol. The summed E-state index contributed by atoms with van der Waals surface area (Å²) < 4.78 is 27.0. The third-order valence-electron chi connectivity index (χ3n) is 3.82. The minimum absolute atomic E-state index is 0.331. The first-order chi connectivity index (χ1) is 9.01. The summed E-state index contributed by atoms with van der Waals surface area (Å²) >= 11 is 0. The zero-order chi connectivity index (χ0) is 13.9. The molecule has 2 unspecified atom stereocenters. The number of hydrogen-bond acceptors (Lipinski definition) is 3. The number of rotatable bonds is 5. The molecule has 0 bridgehead atoms. The molecule has 0 radical (unpaired) electrons. The first-order valence-electron chi connectivity index (χ1n) is 6.79. The largest absolute Gasteiger partial charge is 0.388 e. The monoisotopic (exact) mass is 282 g/mol. The highest BCUT2D eigenvalue weighted by Crippen LogP contribution is 2.29. The summed E-state index contributed by atoms with van der Waals surface area (Å²) in [7, 11) is -1.56. The Hall–Kier alpha value is -1.07. The van der Waals surface area contributed by atoms with Crippen LogP contribution in [0.25, 0.3) is 0 Å². The number of nitrogens with one attached hydrogen (secondary N) is 2. The molecule has 1 fully saturated rings. The summed E-state index contributed by atoms with van der Waals surface area (Å²) in [6.45, 7) is 2.78. The van der Waals surface area contributed by atoms with Crippen LogP contribution in [0.1, 0.15) is 26.2 Å². The van der Waals surface area contributed by atoms with E-state index in [9.17, 15) is 8.42 Å². The van der Waals surface area contributed by atoms with Crippen LogP contribution in [0, 0.1) is 11.8 Å². The number of sulfonamides is 1. The molecule has 1 aliphatic carbocycles. The van der Waals surface area contributed by atoms with Crippen LogP contribution in [0.4, 0.5) is 5.69 Å². The van der Waals surface area contributed by atoms with Gasteiger partial charge in [-0.15, -0.1) is 0 Å². The molecule has 2 rings (SSSR count). The molecule has 2 N–H and O–H groups in total. The molecule has 1 aromatic rings. The van der Waals surface area contributed by atoms with Crippen molar-refractivity contribution in [1.29, 1.82) is 0 Å². The molecular weight excluding hydrogens is 260 g/mol. The Bertz CT molecular complexity index is 511. The molecule has 106 valence electrons. The van der Waals surface area contributed by atoms with E-state index in [0.29, 0.717) is 17.4 Å². The van der Waals surface area contributed by atoms with E-state index in [2.05, 4.69) is 17.0 Å². The summed E-state index contributed by atoms with van der Waals surface area (Å²) in [4.78, 5) is 0.331. The molecule has 1 aromatic carbocycles. The van der Waals surface area contributed by atoms with Gasteiger partial charge in [0, 0.05) is 19.3 Å². The van der Waals surface area contributed by atoms with Crippen molar-refractivity contribution in [3.63, 3.8) is 0 Å². The van der Waals surface area contributed by atoms with Gasteiger partial charge in [-0.3, -0.25) is 0 Å². The minimum atomic E-state index is -3.37. The third kappa shape index (κ3) is 3.70. The molecule has 0 aliphatic heterocycles. The van der Waals surface area contributed by atoms with Gasteiger partial charge in [0.15, 0.2) is 0 Å². The van der Waals surface area contributed by atoms with Crippen LogP contribution in [0.5, 0.6) is 0 Å². The highest BCUT2D eigenvalue weighted by molar-refractivity contribution is 7.89. The normalized spacial score (nSPS) is 23.5. The van der Waals surface area contributed by atoms with E-state index in [1.807, 2.05) is 7.05 Å². The molecule has 4 nitrogen and oxygen atoms in total. The van der Waals surface area contributed by atoms with Crippen molar-refractivity contribution < 1.29 is 8.42 Å². The minimum Gasteiger partial charge on any atom is -0.388 e. The Labute approximate surface area is 115 Å². The van der Waals surface area contributed by atoms with Crippen molar-refractivity contribution in [2.24, 2.45) is 11.8 Å². The van der Waals surface area contributed by atoms with E-state index in [4.69, 9.17) is 0 Å². The molecule has 1 saturated carbocycles. The molecule has 1 aliphatic rings. The molecule has 2 atom stereocenters. The molecule has 19 heavy (non-hydrogen) atoms. The SMILES string of the molecule is CNc1ccc(S(=O)(=O)NCC2CCC(C)C2)cc1. The average molecular weight is 282 g/mol.